The van der Waals surface area contributed by atoms with Gasteiger partial charge in [0.2, 0.25) is 0 Å². The molecule has 2 N–H and O–H groups in total. The van der Waals surface area contributed by atoms with E-state index in [1.165, 1.54) is 5.56 Å². The van der Waals surface area contributed by atoms with Crippen molar-refractivity contribution in [3.63, 3.8) is 0 Å². The van der Waals surface area contributed by atoms with E-state index in [0.29, 0.717) is 11.8 Å². The number of phenolic OH excluding ortho intramolecular Hbond substituents is 1. The van der Waals surface area contributed by atoms with Gasteiger partial charge in [-0.05, 0) is 36.6 Å². The van der Waals surface area contributed by atoms with Gasteiger partial charge in [0.15, 0.2) is 11.5 Å². The number of benzene rings is 2. The lowest BCUT2D eigenvalue weighted by atomic mass is 10.1. The second kappa shape index (κ2) is 6.96. The topological polar surface area (TPSA) is 41.5 Å². The van der Waals surface area contributed by atoms with Crippen molar-refractivity contribution >= 4 is 0 Å². The lowest BCUT2D eigenvalue weighted by molar-refractivity contribution is 0.373. The van der Waals surface area contributed by atoms with Gasteiger partial charge in [-0.25, -0.2) is 0 Å². The van der Waals surface area contributed by atoms with Crippen molar-refractivity contribution in [1.29, 1.82) is 0 Å². The molecule has 3 heteroatoms. The molecule has 0 spiro atoms. The molecule has 0 saturated carbocycles. The van der Waals surface area contributed by atoms with Crippen LogP contribution in [-0.4, -0.2) is 18.3 Å². The lowest BCUT2D eigenvalue weighted by Gasteiger charge is -2.14. The van der Waals surface area contributed by atoms with E-state index in [4.69, 9.17) is 4.74 Å². The highest BCUT2D eigenvalue weighted by Gasteiger charge is 2.06. The Hall–Kier alpha value is -2.00. The average Bonchev–Trinajstić information content (AvgIpc) is 2.46. The van der Waals surface area contributed by atoms with E-state index in [2.05, 4.69) is 24.4 Å². The molecule has 2 rings (SSSR count). The summed E-state index contributed by atoms with van der Waals surface area (Å²) in [5.74, 6) is 0.707. The summed E-state index contributed by atoms with van der Waals surface area (Å²) in [5, 5.41) is 13.2. The van der Waals surface area contributed by atoms with Crippen molar-refractivity contribution in [2.75, 3.05) is 7.11 Å². The van der Waals surface area contributed by atoms with Crippen LogP contribution in [0, 0.1) is 0 Å². The molecule has 2 aromatic carbocycles. The van der Waals surface area contributed by atoms with E-state index in [-0.39, 0.29) is 5.75 Å². The summed E-state index contributed by atoms with van der Waals surface area (Å²) in [6.07, 6.45) is 0.865. The number of hydrogen-bond donors (Lipinski definition) is 2. The minimum absolute atomic E-state index is 0.195. The smallest absolute Gasteiger partial charge is 0.160 e. The quantitative estimate of drug-likeness (QED) is 0.848. The first-order valence-corrected chi connectivity index (χ1v) is 6.82. The maximum atomic E-state index is 9.77. The third kappa shape index (κ3) is 4.00. The van der Waals surface area contributed by atoms with Gasteiger partial charge in [-0.2, -0.15) is 0 Å². The number of hydrogen-bond acceptors (Lipinski definition) is 3. The second-order valence-electron chi connectivity index (χ2n) is 4.98. The van der Waals surface area contributed by atoms with Crippen molar-refractivity contribution in [1.82, 2.24) is 5.32 Å². The highest BCUT2D eigenvalue weighted by atomic mass is 16.5. The number of rotatable bonds is 6. The molecule has 2 aromatic rings. The molecule has 0 bridgehead atoms. The zero-order valence-electron chi connectivity index (χ0n) is 12.0. The third-order valence-corrected chi connectivity index (χ3v) is 3.28. The number of aromatic hydroxyl groups is 1. The van der Waals surface area contributed by atoms with E-state index in [9.17, 15) is 5.11 Å². The average molecular weight is 271 g/mol. The van der Waals surface area contributed by atoms with Crippen molar-refractivity contribution < 1.29 is 9.84 Å². The molecule has 1 unspecified atom stereocenters. The van der Waals surface area contributed by atoms with E-state index in [1.807, 2.05) is 24.3 Å². The fourth-order valence-electron chi connectivity index (χ4n) is 2.18. The molecule has 0 aromatic heterocycles. The monoisotopic (exact) mass is 271 g/mol. The number of phenols is 1. The first-order chi connectivity index (χ1) is 9.69. The Kier molecular flexibility index (Phi) is 5.02. The minimum atomic E-state index is 0.195. The number of ether oxygens (including phenoxy) is 1. The Morgan fingerprint density at radius 2 is 1.85 bits per heavy atom. The predicted octanol–water partition coefficient (Wildman–Crippen LogP) is 3.12. The molecule has 1 atom stereocenters. The Morgan fingerprint density at radius 3 is 2.50 bits per heavy atom. The summed E-state index contributed by atoms with van der Waals surface area (Å²) in [7, 11) is 1.55. The van der Waals surface area contributed by atoms with E-state index < -0.39 is 0 Å². The summed E-state index contributed by atoms with van der Waals surface area (Å²) in [6.45, 7) is 2.99. The number of nitrogens with one attached hydrogen (secondary N) is 1. The van der Waals surface area contributed by atoms with Crippen LogP contribution in [0.25, 0.3) is 0 Å². The summed E-state index contributed by atoms with van der Waals surface area (Å²) in [4.78, 5) is 0. The van der Waals surface area contributed by atoms with E-state index >= 15 is 0 Å². The molecular weight excluding hydrogens is 250 g/mol. The molecule has 0 aliphatic rings. The molecule has 0 heterocycles. The van der Waals surface area contributed by atoms with Crippen molar-refractivity contribution in [2.45, 2.75) is 25.9 Å². The maximum absolute atomic E-state index is 9.77. The summed E-state index contributed by atoms with van der Waals surface area (Å²) >= 11 is 0. The normalized spacial score (nSPS) is 12.1. The molecule has 0 aliphatic heterocycles. The highest BCUT2D eigenvalue weighted by molar-refractivity contribution is 5.41. The molecule has 20 heavy (non-hydrogen) atoms. The van der Waals surface area contributed by atoms with Crippen molar-refractivity contribution in [2.24, 2.45) is 0 Å². The van der Waals surface area contributed by atoms with Crippen LogP contribution in [-0.2, 0) is 13.0 Å². The Balaban J connectivity index is 1.88. The van der Waals surface area contributed by atoms with E-state index in [0.717, 1.165) is 18.5 Å². The van der Waals surface area contributed by atoms with Gasteiger partial charge in [-0.1, -0.05) is 36.4 Å². The molecule has 0 radical (unpaired) electrons. The maximum Gasteiger partial charge on any atom is 0.160 e. The van der Waals surface area contributed by atoms with Crippen molar-refractivity contribution in [3.8, 4) is 11.5 Å². The first-order valence-electron chi connectivity index (χ1n) is 6.82. The van der Waals surface area contributed by atoms with Crippen molar-refractivity contribution in [3.05, 3.63) is 59.7 Å². The zero-order valence-corrected chi connectivity index (χ0v) is 12.0. The SMILES string of the molecule is COc1ccc(CC(C)NCc2ccccc2)cc1O. The van der Waals surface area contributed by atoms with Crippen LogP contribution in [0.5, 0.6) is 11.5 Å². The Bertz CT molecular complexity index is 540. The first kappa shape index (κ1) is 14.4. The second-order valence-corrected chi connectivity index (χ2v) is 4.98. The predicted molar refractivity (Wildman–Crippen MR) is 81.1 cm³/mol. The Morgan fingerprint density at radius 1 is 1.10 bits per heavy atom. The van der Waals surface area contributed by atoms with Crippen LogP contribution in [0.4, 0.5) is 0 Å². The van der Waals surface area contributed by atoms with Gasteiger partial charge in [0.25, 0.3) is 0 Å². The van der Waals surface area contributed by atoms with Gasteiger partial charge in [-0.3, -0.25) is 0 Å². The molecular formula is C17H21NO2. The largest absolute Gasteiger partial charge is 0.504 e. The lowest BCUT2D eigenvalue weighted by Crippen LogP contribution is -2.27. The van der Waals surface area contributed by atoms with Gasteiger partial charge in [0.1, 0.15) is 0 Å². The molecule has 0 aliphatic carbocycles. The van der Waals surface area contributed by atoms with Gasteiger partial charge in [0, 0.05) is 12.6 Å². The summed E-state index contributed by atoms with van der Waals surface area (Å²) in [5.41, 5.74) is 2.37. The van der Waals surface area contributed by atoms with Crippen LogP contribution in [0.3, 0.4) is 0 Å². The standard InChI is InChI=1S/C17H21NO2/c1-13(18-12-14-6-4-3-5-7-14)10-15-8-9-17(20-2)16(19)11-15/h3-9,11,13,18-19H,10,12H2,1-2H3. The van der Waals surface area contributed by atoms with Crippen LogP contribution in [0.15, 0.2) is 48.5 Å². The van der Waals surface area contributed by atoms with Crippen LogP contribution in [0.2, 0.25) is 0 Å². The molecule has 0 fully saturated rings. The fourth-order valence-corrected chi connectivity index (χ4v) is 2.18. The van der Waals surface area contributed by atoms with Gasteiger partial charge in [0.05, 0.1) is 7.11 Å². The van der Waals surface area contributed by atoms with Crippen LogP contribution < -0.4 is 10.1 Å². The molecule has 0 saturated heterocycles. The van der Waals surface area contributed by atoms with Gasteiger partial charge >= 0.3 is 0 Å². The van der Waals surface area contributed by atoms with Gasteiger partial charge in [-0.15, -0.1) is 0 Å². The third-order valence-electron chi connectivity index (χ3n) is 3.28. The summed E-state index contributed by atoms with van der Waals surface area (Å²) < 4.78 is 5.04. The minimum Gasteiger partial charge on any atom is -0.504 e. The molecule has 106 valence electrons. The Labute approximate surface area is 120 Å². The molecule has 0 amide bonds. The summed E-state index contributed by atoms with van der Waals surface area (Å²) in [6, 6.07) is 16.2. The number of methoxy groups -OCH3 is 1. The van der Waals surface area contributed by atoms with Crippen LogP contribution in [0.1, 0.15) is 18.1 Å². The van der Waals surface area contributed by atoms with Gasteiger partial charge < -0.3 is 15.2 Å². The highest BCUT2D eigenvalue weighted by Crippen LogP contribution is 2.26. The van der Waals surface area contributed by atoms with E-state index in [1.54, 1.807) is 19.2 Å². The zero-order chi connectivity index (χ0) is 14.4. The molecule has 3 nitrogen and oxygen atoms in total. The van der Waals surface area contributed by atoms with Crippen LogP contribution >= 0.6 is 0 Å². The fraction of sp³-hybridized carbons (Fsp3) is 0.294.